The Bertz CT molecular complexity index is 719. The van der Waals surface area contributed by atoms with E-state index in [4.69, 9.17) is 14.7 Å². The summed E-state index contributed by atoms with van der Waals surface area (Å²) in [6.07, 6.45) is 2.96. The lowest BCUT2D eigenvalue weighted by atomic mass is 9.90. The summed E-state index contributed by atoms with van der Waals surface area (Å²) in [4.78, 5) is 11.8. The summed E-state index contributed by atoms with van der Waals surface area (Å²) >= 11 is 3.40. The maximum Gasteiger partial charge on any atom is 0.190 e. The first-order valence-electron chi connectivity index (χ1n) is 8.54. The Morgan fingerprint density at radius 1 is 1.38 bits per heavy atom. The minimum absolute atomic E-state index is 0.0883. The van der Waals surface area contributed by atoms with Gasteiger partial charge in [0, 0.05) is 23.6 Å². The number of thioether (sulfide) groups is 1. The number of aliphatic hydroxyl groups excluding tert-OH is 1. The smallest absolute Gasteiger partial charge is 0.190 e. The lowest BCUT2D eigenvalue weighted by molar-refractivity contribution is -0.0542. The predicted molar refractivity (Wildman–Crippen MR) is 101 cm³/mol. The molecule has 1 aliphatic rings. The number of aromatic nitrogens is 2. The van der Waals surface area contributed by atoms with Crippen molar-refractivity contribution < 1.29 is 9.84 Å². The Hall–Kier alpha value is -0.890. The number of nitrogens with zero attached hydrogens (tertiary/aromatic N) is 2. The largest absolute Gasteiger partial charge is 0.395 e. The summed E-state index contributed by atoms with van der Waals surface area (Å²) in [5.74, 6) is 1.86. The highest BCUT2D eigenvalue weighted by Gasteiger charge is 2.33. The molecule has 0 amide bonds. The van der Waals surface area contributed by atoms with E-state index in [9.17, 15) is 5.11 Å². The fraction of sp³-hybridized carbons (Fsp3) is 0.647. The van der Waals surface area contributed by atoms with E-state index in [1.807, 2.05) is 0 Å². The van der Waals surface area contributed by atoms with E-state index in [2.05, 4.69) is 26.1 Å². The van der Waals surface area contributed by atoms with Crippen molar-refractivity contribution in [2.75, 3.05) is 24.2 Å². The van der Waals surface area contributed by atoms with Crippen LogP contribution in [0.2, 0.25) is 0 Å². The van der Waals surface area contributed by atoms with Crippen LogP contribution in [0.25, 0.3) is 10.2 Å². The van der Waals surface area contributed by atoms with Gasteiger partial charge in [-0.05, 0) is 25.3 Å². The van der Waals surface area contributed by atoms with Crippen LogP contribution in [0.5, 0.6) is 0 Å². The molecule has 2 N–H and O–H groups in total. The van der Waals surface area contributed by atoms with Gasteiger partial charge in [-0.2, -0.15) is 0 Å². The first-order valence-corrected chi connectivity index (χ1v) is 10.3. The Morgan fingerprint density at radius 3 is 2.92 bits per heavy atom. The highest BCUT2D eigenvalue weighted by molar-refractivity contribution is 7.99. The van der Waals surface area contributed by atoms with Crippen LogP contribution in [0.15, 0.2) is 5.16 Å². The number of thiophene rings is 1. The van der Waals surface area contributed by atoms with Crippen LogP contribution in [-0.4, -0.2) is 39.6 Å². The van der Waals surface area contributed by atoms with Crippen molar-refractivity contribution >= 4 is 39.1 Å². The first kappa shape index (κ1) is 17.9. The van der Waals surface area contributed by atoms with E-state index in [1.54, 1.807) is 23.1 Å². The summed E-state index contributed by atoms with van der Waals surface area (Å²) in [6.45, 7) is 7.73. The quantitative estimate of drug-likeness (QED) is 0.572. The first-order chi connectivity index (χ1) is 11.6. The minimum Gasteiger partial charge on any atom is -0.395 e. The fourth-order valence-electron chi connectivity index (χ4n) is 2.84. The third-order valence-electron chi connectivity index (χ3n) is 4.40. The number of aliphatic hydroxyl groups is 1. The van der Waals surface area contributed by atoms with Crippen LogP contribution in [0.4, 0.5) is 5.82 Å². The van der Waals surface area contributed by atoms with Crippen molar-refractivity contribution in [1.82, 2.24) is 9.97 Å². The molecule has 0 spiro atoms. The molecule has 2 aromatic heterocycles. The van der Waals surface area contributed by atoms with E-state index < -0.39 is 0 Å². The maximum absolute atomic E-state index is 9.19. The Labute approximate surface area is 151 Å². The van der Waals surface area contributed by atoms with Crippen molar-refractivity contribution in [2.45, 2.75) is 57.4 Å². The van der Waals surface area contributed by atoms with Crippen molar-refractivity contribution in [2.24, 2.45) is 0 Å². The Balaban J connectivity index is 2.07. The summed E-state index contributed by atoms with van der Waals surface area (Å²) in [6, 6.07) is 0. The molecule has 24 heavy (non-hydrogen) atoms. The number of fused-ring (bicyclic) bond motifs is 3. The van der Waals surface area contributed by atoms with Gasteiger partial charge in [0.15, 0.2) is 5.16 Å². The van der Waals surface area contributed by atoms with E-state index in [0.29, 0.717) is 13.2 Å². The molecule has 5 nitrogen and oxygen atoms in total. The molecule has 7 heteroatoms. The van der Waals surface area contributed by atoms with E-state index >= 15 is 0 Å². The zero-order chi connectivity index (χ0) is 17.2. The number of nitrogens with one attached hydrogen (secondary N) is 1. The molecule has 3 rings (SSSR count). The van der Waals surface area contributed by atoms with Crippen LogP contribution in [0, 0.1) is 0 Å². The van der Waals surface area contributed by atoms with Gasteiger partial charge in [0.2, 0.25) is 0 Å². The maximum atomic E-state index is 9.19. The third kappa shape index (κ3) is 3.54. The second-order valence-electron chi connectivity index (χ2n) is 6.31. The van der Waals surface area contributed by atoms with E-state index in [0.717, 1.165) is 46.2 Å². The number of hydrogen-bond acceptors (Lipinski definition) is 7. The summed E-state index contributed by atoms with van der Waals surface area (Å²) < 4.78 is 6.08. The SMILES string of the molecule is CCCSc1nc(NCCO)c2c3c(sc2n1)COC(C)(CC)C3. The zero-order valence-electron chi connectivity index (χ0n) is 14.5. The van der Waals surface area contributed by atoms with Crippen molar-refractivity contribution in [3.8, 4) is 0 Å². The molecular weight excluding hydrogens is 342 g/mol. The monoisotopic (exact) mass is 367 g/mol. The number of anilines is 1. The van der Waals surface area contributed by atoms with Crippen LogP contribution < -0.4 is 5.32 Å². The lowest BCUT2D eigenvalue weighted by Crippen LogP contribution is -2.34. The summed E-state index contributed by atoms with van der Waals surface area (Å²) in [5, 5.41) is 14.4. The Morgan fingerprint density at radius 2 is 2.21 bits per heavy atom. The molecule has 1 aliphatic heterocycles. The van der Waals surface area contributed by atoms with Crippen molar-refractivity contribution in [3.63, 3.8) is 0 Å². The standard InChI is InChI=1S/C17H25N3O2S2/c1-4-8-23-16-19-14(18-6-7-21)13-11-9-17(3,5-2)22-10-12(11)24-15(13)20-16/h21H,4-10H2,1-3H3,(H,18,19,20). The van der Waals surface area contributed by atoms with Gasteiger partial charge in [-0.25, -0.2) is 9.97 Å². The molecule has 0 saturated carbocycles. The molecule has 0 saturated heterocycles. The number of ether oxygens (including phenoxy) is 1. The molecule has 2 aromatic rings. The molecule has 0 radical (unpaired) electrons. The van der Waals surface area contributed by atoms with E-state index in [1.165, 1.54) is 10.4 Å². The summed E-state index contributed by atoms with van der Waals surface area (Å²) in [7, 11) is 0. The second kappa shape index (κ2) is 7.56. The van der Waals surface area contributed by atoms with Gasteiger partial charge in [-0.1, -0.05) is 25.6 Å². The minimum atomic E-state index is -0.120. The van der Waals surface area contributed by atoms with Crippen molar-refractivity contribution in [3.05, 3.63) is 10.4 Å². The molecule has 0 aromatic carbocycles. The topological polar surface area (TPSA) is 67.3 Å². The molecule has 0 fully saturated rings. The molecule has 1 unspecified atom stereocenters. The van der Waals surface area contributed by atoms with Crippen molar-refractivity contribution in [1.29, 1.82) is 0 Å². The second-order valence-corrected chi connectivity index (χ2v) is 8.45. The average Bonchev–Trinajstić information content (AvgIpc) is 2.95. The normalized spacial score (nSPS) is 20.3. The van der Waals surface area contributed by atoms with Crippen LogP contribution in [-0.2, 0) is 17.8 Å². The number of rotatable bonds is 7. The fourth-order valence-corrected chi connectivity index (χ4v) is 4.70. The van der Waals surface area contributed by atoms with Gasteiger partial charge < -0.3 is 15.2 Å². The lowest BCUT2D eigenvalue weighted by Gasteiger charge is -2.33. The highest BCUT2D eigenvalue weighted by Crippen LogP contribution is 2.42. The van der Waals surface area contributed by atoms with Crippen LogP contribution in [0.3, 0.4) is 0 Å². The van der Waals surface area contributed by atoms with Gasteiger partial charge in [0.25, 0.3) is 0 Å². The van der Waals surface area contributed by atoms with Crippen LogP contribution in [0.1, 0.15) is 44.1 Å². The predicted octanol–water partition coefficient (Wildman–Crippen LogP) is 3.84. The Kier molecular flexibility index (Phi) is 5.64. The third-order valence-corrected chi connectivity index (χ3v) is 6.56. The van der Waals surface area contributed by atoms with Crippen LogP contribution >= 0.6 is 23.1 Å². The van der Waals surface area contributed by atoms with E-state index in [-0.39, 0.29) is 12.2 Å². The number of hydrogen-bond donors (Lipinski definition) is 2. The summed E-state index contributed by atoms with van der Waals surface area (Å²) in [5.41, 5.74) is 1.20. The average molecular weight is 368 g/mol. The van der Waals surface area contributed by atoms with Gasteiger partial charge in [0.05, 0.1) is 24.2 Å². The molecule has 0 bridgehead atoms. The zero-order valence-corrected chi connectivity index (χ0v) is 16.1. The van der Waals surface area contributed by atoms with Gasteiger partial charge >= 0.3 is 0 Å². The highest BCUT2D eigenvalue weighted by atomic mass is 32.2. The van der Waals surface area contributed by atoms with Gasteiger partial charge in [0.1, 0.15) is 10.6 Å². The molecule has 1 atom stereocenters. The molecular formula is C17H25N3O2S2. The molecule has 132 valence electrons. The molecule has 3 heterocycles. The molecule has 0 aliphatic carbocycles. The van der Waals surface area contributed by atoms with Gasteiger partial charge in [-0.15, -0.1) is 11.3 Å². The van der Waals surface area contributed by atoms with Gasteiger partial charge in [-0.3, -0.25) is 0 Å².